The third kappa shape index (κ3) is 2.25. The Bertz CT molecular complexity index is 559. The highest BCUT2D eigenvalue weighted by molar-refractivity contribution is 5.93. The van der Waals surface area contributed by atoms with E-state index in [0.717, 1.165) is 37.3 Å². The standard InChI is InChI=1S/C13H17N5O/c1-9-12(15-8-14-9)13(19)18-6-2-3-10(7-18)11-4-5-16-17-11/h4-5,8,10H,2-3,6-7H2,1H3,(H,14,15)(H,16,17). The lowest BCUT2D eigenvalue weighted by atomic mass is 9.94. The minimum Gasteiger partial charge on any atom is -0.348 e. The maximum absolute atomic E-state index is 12.4. The van der Waals surface area contributed by atoms with E-state index in [-0.39, 0.29) is 5.91 Å². The molecule has 1 aliphatic rings. The number of nitrogens with one attached hydrogen (secondary N) is 2. The summed E-state index contributed by atoms with van der Waals surface area (Å²) in [5.41, 5.74) is 2.47. The van der Waals surface area contributed by atoms with Gasteiger partial charge in [0.25, 0.3) is 5.91 Å². The summed E-state index contributed by atoms with van der Waals surface area (Å²) in [6.45, 7) is 3.40. The van der Waals surface area contributed by atoms with Gasteiger partial charge in [0.05, 0.1) is 6.33 Å². The minimum atomic E-state index is 0.0166. The molecule has 3 rings (SSSR count). The molecule has 19 heavy (non-hydrogen) atoms. The van der Waals surface area contributed by atoms with E-state index in [0.29, 0.717) is 11.6 Å². The van der Waals surface area contributed by atoms with Gasteiger partial charge in [-0.25, -0.2) is 4.98 Å². The molecule has 1 fully saturated rings. The normalized spacial score (nSPS) is 19.6. The number of carbonyl (C=O) groups is 1. The van der Waals surface area contributed by atoms with E-state index in [1.165, 1.54) is 0 Å². The Morgan fingerprint density at radius 2 is 2.42 bits per heavy atom. The number of aromatic amines is 2. The van der Waals surface area contributed by atoms with Gasteiger partial charge in [0.2, 0.25) is 0 Å². The van der Waals surface area contributed by atoms with Crippen molar-refractivity contribution in [2.75, 3.05) is 13.1 Å². The lowest BCUT2D eigenvalue weighted by Gasteiger charge is -2.31. The Labute approximate surface area is 111 Å². The van der Waals surface area contributed by atoms with Gasteiger partial charge in [-0.2, -0.15) is 5.10 Å². The lowest BCUT2D eigenvalue weighted by Crippen LogP contribution is -2.39. The second kappa shape index (κ2) is 4.87. The predicted octanol–water partition coefficient (Wildman–Crippen LogP) is 1.46. The Morgan fingerprint density at radius 1 is 1.53 bits per heavy atom. The van der Waals surface area contributed by atoms with Gasteiger partial charge >= 0.3 is 0 Å². The molecule has 0 spiro atoms. The molecule has 1 amide bonds. The van der Waals surface area contributed by atoms with Crippen molar-refractivity contribution in [2.45, 2.75) is 25.7 Å². The van der Waals surface area contributed by atoms with E-state index in [4.69, 9.17) is 0 Å². The average molecular weight is 259 g/mol. The largest absolute Gasteiger partial charge is 0.348 e. The zero-order valence-electron chi connectivity index (χ0n) is 10.9. The number of H-pyrrole nitrogens is 2. The molecular formula is C13H17N5O. The number of piperidine rings is 1. The Morgan fingerprint density at radius 3 is 3.11 bits per heavy atom. The fourth-order valence-corrected chi connectivity index (χ4v) is 2.63. The Balaban J connectivity index is 1.75. The van der Waals surface area contributed by atoms with E-state index in [1.807, 2.05) is 17.9 Å². The van der Waals surface area contributed by atoms with Crippen molar-refractivity contribution in [2.24, 2.45) is 0 Å². The van der Waals surface area contributed by atoms with Crippen LogP contribution in [0.2, 0.25) is 0 Å². The smallest absolute Gasteiger partial charge is 0.274 e. The van der Waals surface area contributed by atoms with E-state index in [1.54, 1.807) is 12.5 Å². The van der Waals surface area contributed by atoms with Crippen molar-refractivity contribution in [3.8, 4) is 0 Å². The van der Waals surface area contributed by atoms with Gasteiger partial charge < -0.3 is 9.88 Å². The first-order valence-corrected chi connectivity index (χ1v) is 6.54. The van der Waals surface area contributed by atoms with Crippen LogP contribution in [0.25, 0.3) is 0 Å². The number of rotatable bonds is 2. The summed E-state index contributed by atoms with van der Waals surface area (Å²) in [6, 6.07) is 1.98. The molecular weight excluding hydrogens is 242 g/mol. The van der Waals surface area contributed by atoms with E-state index >= 15 is 0 Å². The number of hydrogen-bond acceptors (Lipinski definition) is 3. The first-order chi connectivity index (χ1) is 9.25. The van der Waals surface area contributed by atoms with Crippen LogP contribution in [0.4, 0.5) is 0 Å². The van der Waals surface area contributed by atoms with Crippen molar-refractivity contribution in [3.63, 3.8) is 0 Å². The molecule has 0 radical (unpaired) electrons. The van der Waals surface area contributed by atoms with Crippen LogP contribution in [0.1, 0.15) is 40.6 Å². The monoisotopic (exact) mass is 259 g/mol. The maximum atomic E-state index is 12.4. The predicted molar refractivity (Wildman–Crippen MR) is 69.8 cm³/mol. The highest BCUT2D eigenvalue weighted by Gasteiger charge is 2.27. The summed E-state index contributed by atoms with van der Waals surface area (Å²) >= 11 is 0. The highest BCUT2D eigenvalue weighted by Crippen LogP contribution is 2.26. The zero-order chi connectivity index (χ0) is 13.2. The van der Waals surface area contributed by atoms with E-state index in [9.17, 15) is 4.79 Å². The molecule has 0 aromatic carbocycles. The van der Waals surface area contributed by atoms with Gasteiger partial charge in [-0.15, -0.1) is 0 Å². The van der Waals surface area contributed by atoms with E-state index in [2.05, 4.69) is 20.2 Å². The summed E-state index contributed by atoms with van der Waals surface area (Å²) in [5, 5.41) is 6.99. The van der Waals surface area contributed by atoms with Crippen LogP contribution in [0.15, 0.2) is 18.6 Å². The number of amides is 1. The highest BCUT2D eigenvalue weighted by atomic mass is 16.2. The van der Waals surface area contributed by atoms with Gasteiger partial charge in [-0.3, -0.25) is 9.89 Å². The van der Waals surface area contributed by atoms with Crippen LogP contribution < -0.4 is 0 Å². The van der Waals surface area contributed by atoms with Crippen molar-refractivity contribution < 1.29 is 4.79 Å². The first-order valence-electron chi connectivity index (χ1n) is 6.54. The molecule has 0 aliphatic carbocycles. The number of aryl methyl sites for hydroxylation is 1. The second-order valence-electron chi connectivity index (χ2n) is 4.98. The third-order valence-corrected chi connectivity index (χ3v) is 3.70. The number of likely N-dealkylation sites (tertiary alicyclic amines) is 1. The van der Waals surface area contributed by atoms with Gasteiger partial charge in [0, 0.05) is 36.6 Å². The summed E-state index contributed by atoms with van der Waals surface area (Å²) in [4.78, 5) is 21.4. The minimum absolute atomic E-state index is 0.0166. The van der Waals surface area contributed by atoms with Crippen LogP contribution in [0.5, 0.6) is 0 Å². The van der Waals surface area contributed by atoms with Crippen molar-refractivity contribution >= 4 is 5.91 Å². The zero-order valence-corrected chi connectivity index (χ0v) is 10.9. The lowest BCUT2D eigenvalue weighted by molar-refractivity contribution is 0.0699. The van der Waals surface area contributed by atoms with Gasteiger partial charge in [0.1, 0.15) is 5.69 Å². The van der Waals surface area contributed by atoms with Crippen LogP contribution in [-0.4, -0.2) is 44.1 Å². The Hall–Kier alpha value is -2.11. The van der Waals surface area contributed by atoms with Gasteiger partial charge in [-0.05, 0) is 25.8 Å². The average Bonchev–Trinajstić information content (AvgIpc) is 3.09. The number of nitrogens with zero attached hydrogens (tertiary/aromatic N) is 3. The van der Waals surface area contributed by atoms with Gasteiger partial charge in [0.15, 0.2) is 0 Å². The van der Waals surface area contributed by atoms with Crippen LogP contribution in [-0.2, 0) is 0 Å². The van der Waals surface area contributed by atoms with Crippen LogP contribution in [0.3, 0.4) is 0 Å². The summed E-state index contributed by atoms with van der Waals surface area (Å²) in [6.07, 6.45) is 5.43. The van der Waals surface area contributed by atoms with E-state index < -0.39 is 0 Å². The fourth-order valence-electron chi connectivity index (χ4n) is 2.63. The van der Waals surface area contributed by atoms with Crippen molar-refractivity contribution in [3.05, 3.63) is 35.7 Å². The maximum Gasteiger partial charge on any atom is 0.274 e. The third-order valence-electron chi connectivity index (χ3n) is 3.70. The molecule has 6 nitrogen and oxygen atoms in total. The molecule has 0 bridgehead atoms. The SMILES string of the molecule is Cc1[nH]cnc1C(=O)N1CCCC(c2ccn[nH]2)C1. The molecule has 2 aromatic heterocycles. The molecule has 0 saturated carbocycles. The summed E-state index contributed by atoms with van der Waals surface area (Å²) < 4.78 is 0. The number of imidazole rings is 1. The molecule has 1 aliphatic heterocycles. The van der Waals surface area contributed by atoms with Crippen molar-refractivity contribution in [1.29, 1.82) is 0 Å². The molecule has 1 atom stereocenters. The first kappa shape index (κ1) is 12.0. The second-order valence-corrected chi connectivity index (χ2v) is 4.98. The van der Waals surface area contributed by atoms with Gasteiger partial charge in [-0.1, -0.05) is 0 Å². The molecule has 2 aromatic rings. The summed E-state index contributed by atoms with van der Waals surface area (Å²) in [7, 11) is 0. The number of aromatic nitrogens is 4. The van der Waals surface area contributed by atoms with Crippen LogP contribution >= 0.6 is 0 Å². The molecule has 1 saturated heterocycles. The van der Waals surface area contributed by atoms with Crippen LogP contribution in [0, 0.1) is 6.92 Å². The molecule has 6 heteroatoms. The summed E-state index contributed by atoms with van der Waals surface area (Å²) in [5.74, 6) is 0.363. The topological polar surface area (TPSA) is 77.7 Å². The quantitative estimate of drug-likeness (QED) is 0.857. The molecule has 2 N–H and O–H groups in total. The number of hydrogen-bond donors (Lipinski definition) is 2. The van der Waals surface area contributed by atoms with Crippen molar-refractivity contribution in [1.82, 2.24) is 25.1 Å². The molecule has 3 heterocycles. The number of carbonyl (C=O) groups excluding carboxylic acids is 1. The Kier molecular flexibility index (Phi) is 3.06. The molecule has 1 unspecified atom stereocenters. The fraction of sp³-hybridized carbons (Fsp3) is 0.462. The molecule has 100 valence electrons.